The Bertz CT molecular complexity index is 400. The summed E-state index contributed by atoms with van der Waals surface area (Å²) in [6.07, 6.45) is 9.78. The lowest BCUT2D eigenvalue weighted by Gasteiger charge is -2.42. The minimum absolute atomic E-state index is 0.0688. The zero-order valence-corrected chi connectivity index (χ0v) is 11.3. The van der Waals surface area contributed by atoms with Crippen LogP contribution in [0.3, 0.4) is 0 Å². The van der Waals surface area contributed by atoms with Gasteiger partial charge in [0.15, 0.2) is 0 Å². The zero-order chi connectivity index (χ0) is 12.6. The first-order chi connectivity index (χ1) is 8.72. The molecule has 0 amide bonds. The van der Waals surface area contributed by atoms with Crippen molar-refractivity contribution in [3.8, 4) is 0 Å². The number of hydrogen-bond donors (Lipinski definition) is 1. The lowest BCUT2D eigenvalue weighted by Crippen LogP contribution is -2.52. The summed E-state index contributed by atoms with van der Waals surface area (Å²) in [5, 5.41) is 4.54. The topological polar surface area (TPSA) is 47.1 Å². The van der Waals surface area contributed by atoms with E-state index in [0.717, 1.165) is 5.69 Å². The molecule has 2 aliphatic rings. The monoisotopic (exact) mass is 248 g/mol. The number of aryl methyl sites for hydroxylation is 1. The third-order valence-electron chi connectivity index (χ3n) is 4.84. The van der Waals surface area contributed by atoms with E-state index in [0.29, 0.717) is 0 Å². The molecule has 4 nitrogen and oxygen atoms in total. The molecule has 1 saturated heterocycles. The summed E-state index contributed by atoms with van der Waals surface area (Å²) in [4.78, 5) is 2.65. The highest BCUT2D eigenvalue weighted by atomic mass is 15.3. The Morgan fingerprint density at radius 3 is 2.44 bits per heavy atom. The van der Waals surface area contributed by atoms with Crippen LogP contribution in [0.5, 0.6) is 0 Å². The maximum Gasteiger partial charge on any atom is 0.0810 e. The number of nitrogens with two attached hydrogens (primary N) is 1. The van der Waals surface area contributed by atoms with Gasteiger partial charge in [-0.05, 0) is 44.8 Å². The SMILES string of the molecule is Cn1ccc(C(N)C2(N3CCCC3)CCCC2)n1. The maximum absolute atomic E-state index is 6.61. The predicted octanol–water partition coefficient (Wildman–Crippen LogP) is 1.83. The highest BCUT2D eigenvalue weighted by Crippen LogP contribution is 2.44. The second kappa shape index (κ2) is 4.67. The molecule has 0 spiro atoms. The number of rotatable bonds is 3. The van der Waals surface area contributed by atoms with Gasteiger partial charge in [-0.1, -0.05) is 12.8 Å². The Morgan fingerprint density at radius 1 is 1.22 bits per heavy atom. The summed E-state index contributed by atoms with van der Waals surface area (Å²) < 4.78 is 1.86. The van der Waals surface area contributed by atoms with Gasteiger partial charge in [0.25, 0.3) is 0 Å². The molecule has 0 radical (unpaired) electrons. The summed E-state index contributed by atoms with van der Waals surface area (Å²) in [6, 6.07) is 2.15. The molecule has 0 bridgehead atoms. The van der Waals surface area contributed by atoms with Crippen LogP contribution in [-0.4, -0.2) is 33.3 Å². The smallest absolute Gasteiger partial charge is 0.0810 e. The second-order valence-corrected chi connectivity index (χ2v) is 5.90. The molecule has 1 atom stereocenters. The van der Waals surface area contributed by atoms with Crippen molar-refractivity contribution in [2.24, 2.45) is 12.8 Å². The van der Waals surface area contributed by atoms with Crippen LogP contribution in [-0.2, 0) is 7.05 Å². The average Bonchev–Trinajstić information content (AvgIpc) is 3.09. The molecule has 1 unspecified atom stereocenters. The van der Waals surface area contributed by atoms with Gasteiger partial charge in [-0.2, -0.15) is 5.10 Å². The van der Waals surface area contributed by atoms with Gasteiger partial charge in [-0.25, -0.2) is 0 Å². The van der Waals surface area contributed by atoms with E-state index in [1.165, 1.54) is 51.6 Å². The van der Waals surface area contributed by atoms with Gasteiger partial charge in [0.1, 0.15) is 0 Å². The van der Waals surface area contributed by atoms with Gasteiger partial charge in [0.05, 0.1) is 11.7 Å². The van der Waals surface area contributed by atoms with Gasteiger partial charge < -0.3 is 5.73 Å². The molecule has 4 heteroatoms. The molecule has 1 aromatic rings. The molecule has 3 rings (SSSR count). The molecule has 1 aliphatic heterocycles. The quantitative estimate of drug-likeness (QED) is 0.887. The lowest BCUT2D eigenvalue weighted by atomic mass is 9.85. The third-order valence-corrected chi connectivity index (χ3v) is 4.84. The first-order valence-corrected chi connectivity index (χ1v) is 7.22. The third kappa shape index (κ3) is 1.88. The first kappa shape index (κ1) is 12.2. The van der Waals surface area contributed by atoms with Gasteiger partial charge in [-0.15, -0.1) is 0 Å². The van der Waals surface area contributed by atoms with E-state index < -0.39 is 0 Å². The first-order valence-electron chi connectivity index (χ1n) is 7.22. The Kier molecular flexibility index (Phi) is 3.16. The number of hydrogen-bond acceptors (Lipinski definition) is 3. The molecule has 100 valence electrons. The summed E-state index contributed by atoms with van der Waals surface area (Å²) in [5.41, 5.74) is 7.86. The van der Waals surface area contributed by atoms with Crippen molar-refractivity contribution in [3.63, 3.8) is 0 Å². The molecule has 0 aromatic carbocycles. The Hall–Kier alpha value is -0.870. The largest absolute Gasteiger partial charge is 0.321 e. The van der Waals surface area contributed by atoms with E-state index in [1.54, 1.807) is 0 Å². The van der Waals surface area contributed by atoms with E-state index in [4.69, 9.17) is 5.73 Å². The van der Waals surface area contributed by atoms with Crippen LogP contribution in [0.2, 0.25) is 0 Å². The zero-order valence-electron chi connectivity index (χ0n) is 11.3. The van der Waals surface area contributed by atoms with E-state index in [1.807, 2.05) is 17.9 Å². The summed E-state index contributed by atoms with van der Waals surface area (Å²) in [5.74, 6) is 0. The highest BCUT2D eigenvalue weighted by Gasteiger charge is 2.46. The van der Waals surface area contributed by atoms with Crippen LogP contribution < -0.4 is 5.73 Å². The number of aromatic nitrogens is 2. The fraction of sp³-hybridized carbons (Fsp3) is 0.786. The van der Waals surface area contributed by atoms with Crippen molar-refractivity contribution in [1.82, 2.24) is 14.7 Å². The predicted molar refractivity (Wildman–Crippen MR) is 72.1 cm³/mol. The Balaban J connectivity index is 1.88. The van der Waals surface area contributed by atoms with E-state index in [-0.39, 0.29) is 11.6 Å². The van der Waals surface area contributed by atoms with Gasteiger partial charge in [0.2, 0.25) is 0 Å². The van der Waals surface area contributed by atoms with Crippen molar-refractivity contribution >= 4 is 0 Å². The van der Waals surface area contributed by atoms with Crippen molar-refractivity contribution in [3.05, 3.63) is 18.0 Å². The normalized spacial score (nSPS) is 25.7. The molecular weight excluding hydrogens is 224 g/mol. The van der Waals surface area contributed by atoms with Crippen LogP contribution in [0.4, 0.5) is 0 Å². The minimum atomic E-state index is 0.0688. The van der Waals surface area contributed by atoms with Crippen LogP contribution in [0.25, 0.3) is 0 Å². The van der Waals surface area contributed by atoms with Crippen molar-refractivity contribution < 1.29 is 0 Å². The van der Waals surface area contributed by atoms with Crippen molar-refractivity contribution in [2.45, 2.75) is 50.1 Å². The average molecular weight is 248 g/mol. The summed E-state index contributed by atoms with van der Waals surface area (Å²) >= 11 is 0. The second-order valence-electron chi connectivity index (χ2n) is 5.90. The van der Waals surface area contributed by atoms with Gasteiger partial charge >= 0.3 is 0 Å². The standard InChI is InChI=1S/C14H24N4/c1-17-11-6-12(16-17)13(15)14(7-2-3-8-14)18-9-4-5-10-18/h6,11,13H,2-5,7-10,15H2,1H3. The number of likely N-dealkylation sites (tertiary alicyclic amines) is 1. The molecule has 2 heterocycles. The molecular formula is C14H24N4. The number of nitrogens with zero attached hydrogens (tertiary/aromatic N) is 3. The van der Waals surface area contributed by atoms with Crippen LogP contribution in [0.15, 0.2) is 12.3 Å². The fourth-order valence-corrected chi connectivity index (χ4v) is 3.85. The van der Waals surface area contributed by atoms with Crippen LogP contribution in [0.1, 0.15) is 50.3 Å². The summed E-state index contributed by atoms with van der Waals surface area (Å²) in [6.45, 7) is 2.45. The molecule has 2 N–H and O–H groups in total. The van der Waals surface area contributed by atoms with Crippen LogP contribution in [0, 0.1) is 0 Å². The van der Waals surface area contributed by atoms with Crippen molar-refractivity contribution in [2.75, 3.05) is 13.1 Å². The van der Waals surface area contributed by atoms with Crippen LogP contribution >= 0.6 is 0 Å². The Labute approximate surface area is 109 Å². The van der Waals surface area contributed by atoms with E-state index in [9.17, 15) is 0 Å². The summed E-state index contributed by atoms with van der Waals surface area (Å²) in [7, 11) is 1.97. The molecule has 1 aromatic heterocycles. The molecule has 18 heavy (non-hydrogen) atoms. The lowest BCUT2D eigenvalue weighted by molar-refractivity contribution is 0.0904. The van der Waals surface area contributed by atoms with Gasteiger partial charge in [0, 0.05) is 18.8 Å². The molecule has 1 saturated carbocycles. The molecule has 1 aliphatic carbocycles. The Morgan fingerprint density at radius 2 is 1.89 bits per heavy atom. The van der Waals surface area contributed by atoms with Crippen molar-refractivity contribution in [1.29, 1.82) is 0 Å². The minimum Gasteiger partial charge on any atom is -0.321 e. The fourth-order valence-electron chi connectivity index (χ4n) is 3.85. The maximum atomic E-state index is 6.61. The van der Waals surface area contributed by atoms with E-state index in [2.05, 4.69) is 16.1 Å². The van der Waals surface area contributed by atoms with Gasteiger partial charge in [-0.3, -0.25) is 9.58 Å². The molecule has 2 fully saturated rings. The highest BCUT2D eigenvalue weighted by molar-refractivity contribution is 5.16. The van der Waals surface area contributed by atoms with E-state index >= 15 is 0 Å².